The van der Waals surface area contributed by atoms with Crippen LogP contribution >= 0.6 is 11.8 Å². The van der Waals surface area contributed by atoms with Crippen molar-refractivity contribution >= 4 is 17.6 Å². The van der Waals surface area contributed by atoms with Crippen LogP contribution in [0.4, 0.5) is 10.2 Å². The van der Waals surface area contributed by atoms with E-state index < -0.39 is 0 Å². The molecule has 4 N–H and O–H groups in total. The van der Waals surface area contributed by atoms with Crippen LogP contribution in [0, 0.1) is 5.82 Å². The molecule has 0 radical (unpaired) electrons. The highest BCUT2D eigenvalue weighted by atomic mass is 32.2. The average Bonchev–Trinajstić information content (AvgIpc) is 2.36. The number of pyridine rings is 1. The molecule has 1 unspecified atom stereocenters. The third-order valence-corrected chi connectivity index (χ3v) is 3.79. The van der Waals surface area contributed by atoms with E-state index in [-0.39, 0.29) is 11.9 Å². The van der Waals surface area contributed by atoms with Crippen LogP contribution in [0.25, 0.3) is 0 Å². The molecular weight excluding hydrogens is 261 g/mol. The maximum atomic E-state index is 13.0. The van der Waals surface area contributed by atoms with Gasteiger partial charge in [0.1, 0.15) is 11.6 Å². The van der Waals surface area contributed by atoms with E-state index in [4.69, 9.17) is 11.5 Å². The van der Waals surface area contributed by atoms with E-state index in [9.17, 15) is 4.39 Å². The lowest BCUT2D eigenvalue weighted by atomic mass is 10.1. The molecule has 0 aliphatic heterocycles. The number of nitrogens with two attached hydrogens (primary N) is 2. The molecule has 0 amide bonds. The van der Waals surface area contributed by atoms with Crippen molar-refractivity contribution in [3.8, 4) is 0 Å². The lowest BCUT2D eigenvalue weighted by molar-refractivity contribution is 0.624. The second-order valence-electron chi connectivity index (χ2n) is 4.32. The topological polar surface area (TPSA) is 64.9 Å². The molecule has 1 heterocycles. The zero-order chi connectivity index (χ0) is 13.7. The molecule has 0 spiro atoms. The quantitative estimate of drug-likeness (QED) is 0.824. The normalized spacial score (nSPS) is 12.3. The van der Waals surface area contributed by atoms with E-state index >= 15 is 0 Å². The fourth-order valence-corrected chi connectivity index (χ4v) is 2.64. The van der Waals surface area contributed by atoms with Crippen LogP contribution in [0.2, 0.25) is 0 Å². The zero-order valence-electron chi connectivity index (χ0n) is 10.4. The molecule has 2 rings (SSSR count). The monoisotopic (exact) mass is 277 g/mol. The maximum Gasteiger partial charge on any atom is 0.124 e. The largest absolute Gasteiger partial charge is 0.384 e. The SMILES string of the molecule is Nc1cc(CC(N)CSc2cccc(F)c2)ccn1. The van der Waals surface area contributed by atoms with Gasteiger partial charge in [0.2, 0.25) is 0 Å². The van der Waals surface area contributed by atoms with Gasteiger partial charge < -0.3 is 11.5 Å². The lowest BCUT2D eigenvalue weighted by Crippen LogP contribution is -2.25. The van der Waals surface area contributed by atoms with Gasteiger partial charge in [-0.15, -0.1) is 11.8 Å². The molecule has 0 fully saturated rings. The van der Waals surface area contributed by atoms with Gasteiger partial charge in [0.05, 0.1) is 0 Å². The summed E-state index contributed by atoms with van der Waals surface area (Å²) >= 11 is 1.55. The van der Waals surface area contributed by atoms with Gasteiger partial charge in [-0.25, -0.2) is 9.37 Å². The van der Waals surface area contributed by atoms with Crippen molar-refractivity contribution in [2.45, 2.75) is 17.4 Å². The van der Waals surface area contributed by atoms with Crippen LogP contribution < -0.4 is 11.5 Å². The number of thioether (sulfide) groups is 1. The number of aromatic nitrogens is 1. The van der Waals surface area contributed by atoms with Crippen LogP contribution in [-0.4, -0.2) is 16.8 Å². The van der Waals surface area contributed by atoms with Crippen molar-refractivity contribution in [3.05, 3.63) is 54.0 Å². The first kappa shape index (κ1) is 13.8. The fraction of sp³-hybridized carbons (Fsp3) is 0.214. The Bertz CT molecular complexity index is 548. The van der Waals surface area contributed by atoms with E-state index in [0.29, 0.717) is 5.82 Å². The number of rotatable bonds is 5. The number of halogens is 1. The van der Waals surface area contributed by atoms with Crippen molar-refractivity contribution in [2.24, 2.45) is 5.73 Å². The molecule has 0 aliphatic carbocycles. The minimum absolute atomic E-state index is 0.00457. The molecular formula is C14H16FN3S. The molecule has 1 aromatic carbocycles. The first-order valence-corrected chi connectivity index (χ1v) is 6.96. The third kappa shape index (κ3) is 4.54. The highest BCUT2D eigenvalue weighted by molar-refractivity contribution is 7.99. The Morgan fingerprint density at radius 1 is 1.26 bits per heavy atom. The summed E-state index contributed by atoms with van der Waals surface area (Å²) in [5.41, 5.74) is 12.8. The minimum Gasteiger partial charge on any atom is -0.384 e. The highest BCUT2D eigenvalue weighted by Crippen LogP contribution is 2.20. The van der Waals surface area contributed by atoms with Crippen LogP contribution in [0.3, 0.4) is 0 Å². The molecule has 1 aromatic heterocycles. The molecule has 0 bridgehead atoms. The number of hydrogen-bond acceptors (Lipinski definition) is 4. The predicted molar refractivity (Wildman–Crippen MR) is 77.5 cm³/mol. The van der Waals surface area contributed by atoms with Crippen molar-refractivity contribution in [3.63, 3.8) is 0 Å². The Balaban J connectivity index is 1.86. The number of nitrogen functional groups attached to an aromatic ring is 1. The average molecular weight is 277 g/mol. The maximum absolute atomic E-state index is 13.0. The van der Waals surface area contributed by atoms with Crippen LogP contribution in [0.15, 0.2) is 47.5 Å². The standard InChI is InChI=1S/C14H16FN3S/c15-11-2-1-3-13(8-11)19-9-12(16)6-10-4-5-18-14(17)7-10/h1-5,7-8,12H,6,9,16H2,(H2,17,18). The number of hydrogen-bond donors (Lipinski definition) is 2. The van der Waals surface area contributed by atoms with Gasteiger partial charge in [-0.05, 0) is 42.3 Å². The fourth-order valence-electron chi connectivity index (χ4n) is 1.74. The van der Waals surface area contributed by atoms with E-state index in [1.807, 2.05) is 18.2 Å². The van der Waals surface area contributed by atoms with Gasteiger partial charge in [0.25, 0.3) is 0 Å². The Labute approximate surface area is 116 Å². The van der Waals surface area contributed by atoms with Crippen LogP contribution in [-0.2, 0) is 6.42 Å². The molecule has 5 heteroatoms. The van der Waals surface area contributed by atoms with Gasteiger partial charge in [0.15, 0.2) is 0 Å². The zero-order valence-corrected chi connectivity index (χ0v) is 11.2. The molecule has 1 atom stereocenters. The second-order valence-corrected chi connectivity index (χ2v) is 5.41. The van der Waals surface area contributed by atoms with E-state index in [1.165, 1.54) is 12.1 Å². The summed E-state index contributed by atoms with van der Waals surface area (Å²) in [6.45, 7) is 0. The third-order valence-electron chi connectivity index (χ3n) is 2.60. The smallest absolute Gasteiger partial charge is 0.124 e. The van der Waals surface area contributed by atoms with Gasteiger partial charge in [0, 0.05) is 22.9 Å². The van der Waals surface area contributed by atoms with Gasteiger partial charge >= 0.3 is 0 Å². The van der Waals surface area contributed by atoms with Gasteiger partial charge in [-0.2, -0.15) is 0 Å². The Morgan fingerprint density at radius 3 is 2.84 bits per heavy atom. The first-order chi connectivity index (χ1) is 9.13. The summed E-state index contributed by atoms with van der Waals surface area (Å²) in [6, 6.07) is 10.3. The molecule has 19 heavy (non-hydrogen) atoms. The van der Waals surface area contributed by atoms with Crippen LogP contribution in [0.1, 0.15) is 5.56 Å². The number of benzene rings is 1. The van der Waals surface area contributed by atoms with Gasteiger partial charge in [-0.1, -0.05) is 6.07 Å². The van der Waals surface area contributed by atoms with Crippen LogP contribution in [0.5, 0.6) is 0 Å². The van der Waals surface area contributed by atoms with Crippen molar-refractivity contribution in [1.82, 2.24) is 4.98 Å². The van der Waals surface area contributed by atoms with E-state index in [1.54, 1.807) is 24.0 Å². The number of anilines is 1. The molecule has 100 valence electrons. The summed E-state index contributed by atoms with van der Waals surface area (Å²) in [5, 5.41) is 0. The minimum atomic E-state index is -0.222. The molecule has 3 nitrogen and oxygen atoms in total. The van der Waals surface area contributed by atoms with Gasteiger partial charge in [-0.3, -0.25) is 0 Å². The van der Waals surface area contributed by atoms with Crippen molar-refractivity contribution in [1.29, 1.82) is 0 Å². The molecule has 0 saturated carbocycles. The van der Waals surface area contributed by atoms with E-state index in [2.05, 4.69) is 4.98 Å². The molecule has 0 saturated heterocycles. The Hall–Kier alpha value is -1.59. The second kappa shape index (κ2) is 6.54. The lowest BCUT2D eigenvalue weighted by Gasteiger charge is -2.11. The van der Waals surface area contributed by atoms with Crippen molar-refractivity contribution < 1.29 is 4.39 Å². The predicted octanol–water partition coefficient (Wildman–Crippen LogP) is 2.47. The molecule has 0 aliphatic rings. The molecule has 2 aromatic rings. The Morgan fingerprint density at radius 2 is 2.11 bits per heavy atom. The summed E-state index contributed by atoms with van der Waals surface area (Å²) < 4.78 is 13.0. The summed E-state index contributed by atoms with van der Waals surface area (Å²) in [4.78, 5) is 4.83. The van der Waals surface area contributed by atoms with Crippen molar-refractivity contribution in [2.75, 3.05) is 11.5 Å². The Kier molecular flexibility index (Phi) is 4.76. The summed E-state index contributed by atoms with van der Waals surface area (Å²) in [6.07, 6.45) is 2.41. The number of nitrogens with zero attached hydrogens (tertiary/aromatic N) is 1. The van der Waals surface area contributed by atoms with E-state index in [0.717, 1.165) is 22.6 Å². The highest BCUT2D eigenvalue weighted by Gasteiger charge is 2.06. The summed E-state index contributed by atoms with van der Waals surface area (Å²) in [5.74, 6) is 1.01. The summed E-state index contributed by atoms with van der Waals surface area (Å²) in [7, 11) is 0. The first-order valence-electron chi connectivity index (χ1n) is 5.98.